The van der Waals surface area contributed by atoms with Crippen LogP contribution in [0.15, 0.2) is 0 Å². The summed E-state index contributed by atoms with van der Waals surface area (Å²) in [6.07, 6.45) is 10.9. The normalized spacial score (nSPS) is 26.8. The minimum atomic E-state index is -0.0272. The van der Waals surface area contributed by atoms with Gasteiger partial charge in [0.05, 0.1) is 6.04 Å². The largest absolute Gasteiger partial charge is 0.341 e. The molecule has 6 heteroatoms. The predicted octanol–water partition coefficient (Wildman–Crippen LogP) is 1.75. The Balaban J connectivity index is 1.36. The van der Waals surface area contributed by atoms with Gasteiger partial charge in [0, 0.05) is 25.2 Å². The van der Waals surface area contributed by atoms with Crippen molar-refractivity contribution in [3.63, 3.8) is 0 Å². The fourth-order valence-electron chi connectivity index (χ4n) is 4.19. The topological polar surface area (TPSA) is 73.5 Å². The smallest absolute Gasteiger partial charge is 0.315 e. The molecule has 1 unspecified atom stereocenters. The average Bonchev–Trinajstić information content (AvgIpc) is 2.63. The fraction of sp³-hybridized carbons (Fsp3) is 0.889. The molecule has 0 radical (unpaired) electrons. The first-order chi connectivity index (χ1) is 11.7. The summed E-state index contributed by atoms with van der Waals surface area (Å²) in [5, 5.41) is 9.55. The Bertz CT molecular complexity index is 423. The molecule has 24 heavy (non-hydrogen) atoms. The molecule has 1 saturated carbocycles. The molecule has 0 spiro atoms. The number of hydrogen-bond acceptors (Lipinski definition) is 3. The van der Waals surface area contributed by atoms with Crippen molar-refractivity contribution >= 4 is 11.9 Å². The fourth-order valence-corrected chi connectivity index (χ4v) is 4.19. The van der Waals surface area contributed by atoms with Gasteiger partial charge in [-0.25, -0.2) is 4.79 Å². The minimum Gasteiger partial charge on any atom is -0.341 e. The maximum atomic E-state index is 12.5. The van der Waals surface area contributed by atoms with E-state index in [2.05, 4.69) is 16.0 Å². The van der Waals surface area contributed by atoms with E-state index in [-0.39, 0.29) is 24.0 Å². The van der Waals surface area contributed by atoms with Crippen molar-refractivity contribution < 1.29 is 9.59 Å². The number of rotatable bonds is 3. The molecule has 0 aromatic rings. The predicted molar refractivity (Wildman–Crippen MR) is 93.8 cm³/mol. The lowest BCUT2D eigenvalue weighted by Crippen LogP contribution is -2.54. The van der Waals surface area contributed by atoms with Gasteiger partial charge in [0.1, 0.15) is 0 Å². The van der Waals surface area contributed by atoms with Crippen molar-refractivity contribution in [3.8, 4) is 0 Å². The summed E-state index contributed by atoms with van der Waals surface area (Å²) in [5.74, 6) is 0.250. The molecule has 1 atom stereocenters. The Morgan fingerprint density at radius 1 is 0.792 bits per heavy atom. The maximum Gasteiger partial charge on any atom is 0.315 e. The molecule has 6 nitrogen and oxygen atoms in total. The summed E-state index contributed by atoms with van der Waals surface area (Å²) < 4.78 is 0. The van der Waals surface area contributed by atoms with E-state index >= 15 is 0 Å². The number of carbonyl (C=O) groups is 2. The summed E-state index contributed by atoms with van der Waals surface area (Å²) in [4.78, 5) is 26.6. The second kappa shape index (κ2) is 8.70. The van der Waals surface area contributed by atoms with Crippen LogP contribution in [0.25, 0.3) is 0 Å². The SMILES string of the molecule is O=C(NC1CCCCC1)NC1CCN(C(=O)C2CCCCN2)CC1. The van der Waals surface area contributed by atoms with Gasteiger partial charge in [-0.05, 0) is 45.1 Å². The molecule has 3 fully saturated rings. The average molecular weight is 336 g/mol. The van der Waals surface area contributed by atoms with E-state index in [1.165, 1.54) is 25.7 Å². The standard InChI is InChI=1S/C18H32N4O2/c23-17(16-8-4-5-11-19-16)22-12-9-15(10-13-22)21-18(24)20-14-6-2-1-3-7-14/h14-16,19H,1-13H2,(H2,20,21,24). The quantitative estimate of drug-likeness (QED) is 0.735. The van der Waals surface area contributed by atoms with Crippen molar-refractivity contribution in [2.24, 2.45) is 0 Å². The van der Waals surface area contributed by atoms with Gasteiger partial charge in [0.25, 0.3) is 0 Å². The Labute approximate surface area is 145 Å². The van der Waals surface area contributed by atoms with Gasteiger partial charge in [0.2, 0.25) is 5.91 Å². The van der Waals surface area contributed by atoms with Crippen LogP contribution in [0, 0.1) is 0 Å². The van der Waals surface area contributed by atoms with Gasteiger partial charge >= 0.3 is 6.03 Å². The molecule has 0 aromatic heterocycles. The highest BCUT2D eigenvalue weighted by atomic mass is 16.2. The maximum absolute atomic E-state index is 12.5. The Kier molecular flexibility index (Phi) is 6.35. The van der Waals surface area contributed by atoms with Gasteiger partial charge < -0.3 is 20.9 Å². The van der Waals surface area contributed by atoms with Crippen LogP contribution in [0.4, 0.5) is 4.79 Å². The first-order valence-electron chi connectivity index (χ1n) is 9.81. The van der Waals surface area contributed by atoms with Crippen molar-refractivity contribution in [1.29, 1.82) is 0 Å². The third-order valence-electron chi connectivity index (χ3n) is 5.69. The third-order valence-corrected chi connectivity index (χ3v) is 5.69. The molecule has 3 rings (SSSR count). The zero-order chi connectivity index (χ0) is 16.8. The molecular weight excluding hydrogens is 304 g/mol. The molecule has 2 heterocycles. The van der Waals surface area contributed by atoms with E-state index in [0.29, 0.717) is 6.04 Å². The van der Waals surface area contributed by atoms with Gasteiger partial charge in [0.15, 0.2) is 0 Å². The number of amides is 3. The second-order valence-electron chi connectivity index (χ2n) is 7.55. The molecule has 0 bridgehead atoms. The second-order valence-corrected chi connectivity index (χ2v) is 7.55. The lowest BCUT2D eigenvalue weighted by molar-refractivity contribution is -0.135. The van der Waals surface area contributed by atoms with Crippen LogP contribution in [-0.2, 0) is 4.79 Å². The zero-order valence-electron chi connectivity index (χ0n) is 14.7. The number of urea groups is 1. The highest BCUT2D eigenvalue weighted by molar-refractivity contribution is 5.82. The Morgan fingerprint density at radius 3 is 2.04 bits per heavy atom. The minimum absolute atomic E-state index is 0.0119. The van der Waals surface area contributed by atoms with Crippen LogP contribution >= 0.6 is 0 Å². The molecule has 3 N–H and O–H groups in total. The molecule has 2 saturated heterocycles. The first-order valence-corrected chi connectivity index (χ1v) is 9.81. The zero-order valence-corrected chi connectivity index (χ0v) is 14.7. The molecule has 2 aliphatic heterocycles. The number of nitrogens with one attached hydrogen (secondary N) is 3. The van der Waals surface area contributed by atoms with Crippen LogP contribution in [0.3, 0.4) is 0 Å². The van der Waals surface area contributed by atoms with Gasteiger partial charge in [-0.3, -0.25) is 4.79 Å². The number of hydrogen-bond donors (Lipinski definition) is 3. The van der Waals surface area contributed by atoms with E-state index in [1.54, 1.807) is 0 Å². The highest BCUT2D eigenvalue weighted by Gasteiger charge is 2.29. The summed E-state index contributed by atoms with van der Waals surface area (Å²) in [6.45, 7) is 2.46. The summed E-state index contributed by atoms with van der Waals surface area (Å²) in [5.41, 5.74) is 0. The summed E-state index contributed by atoms with van der Waals surface area (Å²) in [7, 11) is 0. The summed E-state index contributed by atoms with van der Waals surface area (Å²) in [6, 6.07) is 0.522. The first kappa shape index (κ1) is 17.5. The van der Waals surface area contributed by atoms with Crippen LogP contribution < -0.4 is 16.0 Å². The van der Waals surface area contributed by atoms with Crippen LogP contribution in [-0.4, -0.2) is 54.6 Å². The van der Waals surface area contributed by atoms with Crippen LogP contribution in [0.5, 0.6) is 0 Å². The van der Waals surface area contributed by atoms with Gasteiger partial charge in [-0.15, -0.1) is 0 Å². The third kappa shape index (κ3) is 4.85. The van der Waals surface area contributed by atoms with Gasteiger partial charge in [-0.2, -0.15) is 0 Å². The molecule has 136 valence electrons. The number of likely N-dealkylation sites (tertiary alicyclic amines) is 1. The van der Waals surface area contributed by atoms with E-state index < -0.39 is 0 Å². The lowest BCUT2D eigenvalue weighted by atomic mass is 9.96. The van der Waals surface area contributed by atoms with E-state index in [0.717, 1.165) is 58.2 Å². The van der Waals surface area contributed by atoms with Crippen molar-refractivity contribution in [3.05, 3.63) is 0 Å². The van der Waals surface area contributed by atoms with E-state index in [9.17, 15) is 9.59 Å². The van der Waals surface area contributed by atoms with Crippen molar-refractivity contribution in [1.82, 2.24) is 20.9 Å². The van der Waals surface area contributed by atoms with Crippen molar-refractivity contribution in [2.75, 3.05) is 19.6 Å². The van der Waals surface area contributed by atoms with Crippen LogP contribution in [0.2, 0.25) is 0 Å². The summed E-state index contributed by atoms with van der Waals surface area (Å²) >= 11 is 0. The van der Waals surface area contributed by atoms with Gasteiger partial charge in [-0.1, -0.05) is 25.7 Å². The number of piperidine rings is 2. The molecule has 3 amide bonds. The molecule has 3 aliphatic rings. The van der Waals surface area contributed by atoms with Crippen LogP contribution in [0.1, 0.15) is 64.2 Å². The Morgan fingerprint density at radius 2 is 1.42 bits per heavy atom. The van der Waals surface area contributed by atoms with E-state index in [1.807, 2.05) is 4.90 Å². The lowest BCUT2D eigenvalue weighted by Gasteiger charge is -2.36. The monoisotopic (exact) mass is 336 g/mol. The molecular formula is C18H32N4O2. The Hall–Kier alpha value is -1.30. The molecule has 1 aliphatic carbocycles. The number of nitrogens with zero attached hydrogens (tertiary/aromatic N) is 1. The van der Waals surface area contributed by atoms with Crippen molar-refractivity contribution in [2.45, 2.75) is 82.3 Å². The number of carbonyl (C=O) groups excluding carboxylic acids is 2. The van der Waals surface area contributed by atoms with E-state index in [4.69, 9.17) is 0 Å². The highest BCUT2D eigenvalue weighted by Crippen LogP contribution is 2.18. The molecule has 0 aromatic carbocycles.